The van der Waals surface area contributed by atoms with Crippen molar-refractivity contribution in [2.24, 2.45) is 5.92 Å². The van der Waals surface area contributed by atoms with Gasteiger partial charge in [-0.25, -0.2) is 9.67 Å². The molecule has 3 heterocycles. The first-order valence-electron chi connectivity index (χ1n) is 7.28. The predicted octanol–water partition coefficient (Wildman–Crippen LogP) is 2.02. The third-order valence-corrected chi connectivity index (χ3v) is 4.13. The highest BCUT2D eigenvalue weighted by atomic mass is 16.1. The fourth-order valence-electron chi connectivity index (χ4n) is 2.62. The first-order valence-corrected chi connectivity index (χ1v) is 7.28. The molecule has 0 N–H and O–H groups in total. The van der Waals surface area contributed by atoms with Crippen LogP contribution in [0.2, 0.25) is 0 Å². The molecule has 21 heavy (non-hydrogen) atoms. The zero-order valence-electron chi connectivity index (χ0n) is 12.4. The van der Waals surface area contributed by atoms with Crippen molar-refractivity contribution in [3.8, 4) is 5.69 Å². The number of piperidine rings is 1. The number of hydrogen-bond donors (Lipinski definition) is 0. The topological polar surface area (TPSA) is 63.9 Å². The van der Waals surface area contributed by atoms with Crippen LogP contribution >= 0.6 is 0 Å². The molecule has 0 atom stereocenters. The van der Waals surface area contributed by atoms with E-state index in [0.29, 0.717) is 5.69 Å². The van der Waals surface area contributed by atoms with Gasteiger partial charge >= 0.3 is 0 Å². The first-order chi connectivity index (χ1) is 10.2. The summed E-state index contributed by atoms with van der Waals surface area (Å²) in [5, 5.41) is 7.83. The number of carbonyl (C=O) groups is 1. The van der Waals surface area contributed by atoms with Crippen molar-refractivity contribution in [3.63, 3.8) is 0 Å². The molecule has 2 aromatic rings. The minimum absolute atomic E-state index is 0.365. The maximum absolute atomic E-state index is 10.8. The number of aromatic nitrogens is 4. The Balaban J connectivity index is 1.80. The maximum Gasteiger partial charge on any atom is 0.172 e. The predicted molar refractivity (Wildman–Crippen MR) is 79.9 cm³/mol. The lowest BCUT2D eigenvalue weighted by Crippen LogP contribution is -2.33. The van der Waals surface area contributed by atoms with E-state index in [-0.39, 0.29) is 0 Å². The largest absolute Gasteiger partial charge is 0.357 e. The summed E-state index contributed by atoms with van der Waals surface area (Å²) in [6.45, 7) is 6.24. The van der Waals surface area contributed by atoms with Gasteiger partial charge < -0.3 is 4.90 Å². The molecule has 0 spiro atoms. The molecule has 110 valence electrons. The van der Waals surface area contributed by atoms with E-state index in [1.807, 2.05) is 19.1 Å². The summed E-state index contributed by atoms with van der Waals surface area (Å²) in [5.41, 5.74) is 1.91. The molecular weight excluding hydrogens is 266 g/mol. The van der Waals surface area contributed by atoms with Gasteiger partial charge in [0.15, 0.2) is 6.29 Å². The van der Waals surface area contributed by atoms with E-state index in [1.165, 1.54) is 12.8 Å². The Labute approximate surface area is 123 Å². The lowest BCUT2D eigenvalue weighted by molar-refractivity contribution is 0.111. The van der Waals surface area contributed by atoms with Gasteiger partial charge in [-0.1, -0.05) is 12.1 Å². The first kappa shape index (κ1) is 13.7. The Morgan fingerprint density at radius 1 is 1.29 bits per heavy atom. The van der Waals surface area contributed by atoms with Crippen LogP contribution in [0.3, 0.4) is 0 Å². The summed E-state index contributed by atoms with van der Waals surface area (Å²) in [4.78, 5) is 17.7. The molecule has 1 fully saturated rings. The van der Waals surface area contributed by atoms with Gasteiger partial charge in [0.25, 0.3) is 0 Å². The molecular formula is C15H19N5O. The normalized spacial score (nSPS) is 16.2. The van der Waals surface area contributed by atoms with Gasteiger partial charge in [0.2, 0.25) is 0 Å². The molecule has 0 aromatic carbocycles. The van der Waals surface area contributed by atoms with E-state index in [1.54, 1.807) is 10.9 Å². The molecule has 0 amide bonds. The highest BCUT2D eigenvalue weighted by Crippen LogP contribution is 2.22. The van der Waals surface area contributed by atoms with Crippen LogP contribution in [0.15, 0.2) is 18.3 Å². The molecule has 2 aromatic heterocycles. The lowest BCUT2D eigenvalue weighted by atomic mass is 9.99. The summed E-state index contributed by atoms with van der Waals surface area (Å²) in [5.74, 6) is 1.80. The van der Waals surface area contributed by atoms with Gasteiger partial charge in [-0.15, -0.1) is 5.10 Å². The van der Waals surface area contributed by atoms with Crippen LogP contribution in [0, 0.1) is 12.8 Å². The summed E-state index contributed by atoms with van der Waals surface area (Å²) >= 11 is 0. The number of hydrogen-bond acceptors (Lipinski definition) is 5. The second-order valence-corrected chi connectivity index (χ2v) is 5.63. The molecule has 6 nitrogen and oxygen atoms in total. The Kier molecular flexibility index (Phi) is 3.68. The number of aldehydes is 1. The van der Waals surface area contributed by atoms with Crippen LogP contribution < -0.4 is 4.90 Å². The molecule has 0 radical (unpaired) electrons. The number of pyridine rings is 1. The molecule has 6 heteroatoms. The van der Waals surface area contributed by atoms with E-state index in [4.69, 9.17) is 0 Å². The zero-order chi connectivity index (χ0) is 14.8. The Morgan fingerprint density at radius 3 is 2.62 bits per heavy atom. The fraction of sp³-hybridized carbons (Fsp3) is 0.467. The average Bonchev–Trinajstić information content (AvgIpc) is 2.89. The van der Waals surface area contributed by atoms with Crippen LogP contribution in [0.25, 0.3) is 5.69 Å². The minimum atomic E-state index is 0.365. The summed E-state index contributed by atoms with van der Waals surface area (Å²) in [7, 11) is 0. The van der Waals surface area contributed by atoms with E-state index >= 15 is 0 Å². The van der Waals surface area contributed by atoms with Crippen LogP contribution in [-0.4, -0.2) is 39.4 Å². The quantitative estimate of drug-likeness (QED) is 0.807. The number of nitrogens with zero attached hydrogens (tertiary/aromatic N) is 5. The molecule has 0 saturated carbocycles. The van der Waals surface area contributed by atoms with Crippen molar-refractivity contribution in [1.29, 1.82) is 0 Å². The summed E-state index contributed by atoms with van der Waals surface area (Å²) < 4.78 is 1.64. The Bertz CT molecular complexity index is 626. The van der Waals surface area contributed by atoms with Crippen molar-refractivity contribution in [3.05, 3.63) is 29.7 Å². The Hall–Kier alpha value is -2.24. The average molecular weight is 285 g/mol. The second-order valence-electron chi connectivity index (χ2n) is 5.63. The molecule has 0 aliphatic carbocycles. The lowest BCUT2D eigenvalue weighted by Gasteiger charge is -2.31. The van der Waals surface area contributed by atoms with Crippen LogP contribution in [-0.2, 0) is 0 Å². The van der Waals surface area contributed by atoms with Crippen molar-refractivity contribution in [1.82, 2.24) is 20.0 Å². The number of anilines is 1. The van der Waals surface area contributed by atoms with Crippen molar-refractivity contribution in [2.75, 3.05) is 18.0 Å². The molecule has 0 unspecified atom stereocenters. The van der Waals surface area contributed by atoms with Crippen LogP contribution in [0.1, 0.15) is 35.9 Å². The van der Waals surface area contributed by atoms with E-state index < -0.39 is 0 Å². The Morgan fingerprint density at radius 2 is 2.05 bits per heavy atom. The van der Waals surface area contributed by atoms with Gasteiger partial charge in [-0.2, -0.15) is 0 Å². The zero-order valence-corrected chi connectivity index (χ0v) is 12.4. The summed E-state index contributed by atoms with van der Waals surface area (Å²) in [6.07, 6.45) is 4.93. The molecule has 1 aliphatic heterocycles. The SMILES string of the molecule is Cc1c(C=O)nnn1-c1ccc(N2CCC(C)CC2)nc1. The van der Waals surface area contributed by atoms with Gasteiger partial charge in [0.05, 0.1) is 17.6 Å². The second kappa shape index (κ2) is 5.63. The van der Waals surface area contributed by atoms with Crippen molar-refractivity contribution < 1.29 is 4.79 Å². The number of carbonyl (C=O) groups excluding carboxylic acids is 1. The minimum Gasteiger partial charge on any atom is -0.357 e. The molecule has 0 bridgehead atoms. The third-order valence-electron chi connectivity index (χ3n) is 4.13. The van der Waals surface area contributed by atoms with Crippen molar-refractivity contribution in [2.45, 2.75) is 26.7 Å². The maximum atomic E-state index is 10.8. The molecule has 1 aliphatic rings. The van der Waals surface area contributed by atoms with Crippen LogP contribution in [0.4, 0.5) is 5.82 Å². The fourth-order valence-corrected chi connectivity index (χ4v) is 2.62. The van der Waals surface area contributed by atoms with Crippen LogP contribution in [0.5, 0.6) is 0 Å². The molecule has 3 rings (SSSR count). The van der Waals surface area contributed by atoms with Gasteiger partial charge in [-0.05, 0) is 37.8 Å². The smallest absolute Gasteiger partial charge is 0.172 e. The summed E-state index contributed by atoms with van der Waals surface area (Å²) in [6, 6.07) is 3.98. The molecule has 1 saturated heterocycles. The third kappa shape index (κ3) is 2.66. The number of rotatable bonds is 3. The van der Waals surface area contributed by atoms with Crippen molar-refractivity contribution >= 4 is 12.1 Å². The van der Waals surface area contributed by atoms with E-state index in [2.05, 4.69) is 27.1 Å². The van der Waals surface area contributed by atoms with Gasteiger partial charge in [0, 0.05) is 13.1 Å². The van der Waals surface area contributed by atoms with E-state index in [9.17, 15) is 4.79 Å². The van der Waals surface area contributed by atoms with Gasteiger partial charge in [-0.3, -0.25) is 4.79 Å². The highest BCUT2D eigenvalue weighted by Gasteiger charge is 2.17. The highest BCUT2D eigenvalue weighted by molar-refractivity contribution is 5.73. The standard InChI is InChI=1S/C15H19N5O/c1-11-5-7-19(8-6-11)15-4-3-13(9-16-15)20-12(2)14(10-21)17-18-20/h3-4,9-11H,5-8H2,1-2H3. The van der Waals surface area contributed by atoms with Gasteiger partial charge in [0.1, 0.15) is 11.5 Å². The monoisotopic (exact) mass is 285 g/mol. The van der Waals surface area contributed by atoms with E-state index in [0.717, 1.165) is 42.5 Å².